The Kier molecular flexibility index (Phi) is 9.64. The molecule has 47 heavy (non-hydrogen) atoms. The molecule has 0 spiro atoms. The smallest absolute Gasteiger partial charge is 0.420 e. The molecule has 0 saturated heterocycles. The van der Waals surface area contributed by atoms with Crippen LogP contribution in [0.5, 0.6) is 46.0 Å². The molecule has 0 aliphatic carbocycles. The number of halogens is 6. The van der Waals surface area contributed by atoms with Crippen molar-refractivity contribution in [3.8, 4) is 57.1 Å². The first-order valence-electron chi connectivity index (χ1n) is 13.4. The molecular formula is C33H28F6O8. The van der Waals surface area contributed by atoms with E-state index in [4.69, 9.17) is 23.7 Å². The molecule has 0 bridgehead atoms. The highest BCUT2D eigenvalue weighted by Crippen LogP contribution is 2.53. The summed E-state index contributed by atoms with van der Waals surface area (Å²) in [6, 6.07) is 12.8. The Hall–Kier alpha value is -5.40. The number of fused-ring (bicyclic) bond motifs is 2. The van der Waals surface area contributed by atoms with Gasteiger partial charge in [0.15, 0.2) is 23.0 Å². The van der Waals surface area contributed by atoms with Gasteiger partial charge in [-0.05, 0) is 35.9 Å². The first-order valence-corrected chi connectivity index (χ1v) is 13.4. The van der Waals surface area contributed by atoms with Crippen LogP contribution in [0.1, 0.15) is 11.1 Å². The number of ether oxygens (including phenoxy) is 5. The van der Waals surface area contributed by atoms with Crippen LogP contribution in [0.2, 0.25) is 0 Å². The van der Waals surface area contributed by atoms with Crippen LogP contribution in [0.15, 0.2) is 60.7 Å². The number of hydrogen-bond acceptors (Lipinski definition) is 8. The van der Waals surface area contributed by atoms with Gasteiger partial charge in [-0.15, -0.1) is 0 Å². The fraction of sp³-hybridized carbons (Fsp3) is 0.212. The summed E-state index contributed by atoms with van der Waals surface area (Å²) in [5.41, 5.74) is -2.31. The van der Waals surface area contributed by atoms with Crippen LogP contribution in [-0.2, 0) is 12.4 Å². The molecule has 5 rings (SSSR count). The molecule has 0 aliphatic heterocycles. The lowest BCUT2D eigenvalue weighted by Gasteiger charge is -2.22. The fourth-order valence-corrected chi connectivity index (χ4v) is 5.10. The Morgan fingerprint density at radius 3 is 1.57 bits per heavy atom. The van der Waals surface area contributed by atoms with E-state index in [1.54, 1.807) is 6.07 Å². The second-order valence-corrected chi connectivity index (χ2v) is 9.79. The summed E-state index contributed by atoms with van der Waals surface area (Å²) in [7, 11) is 6.83. The molecule has 0 amide bonds. The zero-order valence-electron chi connectivity index (χ0n) is 25.4. The summed E-state index contributed by atoms with van der Waals surface area (Å²) in [5.74, 6) is -1.06. The number of phenolic OH excluding ortho intramolecular Hbond substituents is 3. The van der Waals surface area contributed by atoms with Gasteiger partial charge in [-0.2, -0.15) is 26.3 Å². The lowest BCUT2D eigenvalue weighted by molar-refractivity contribution is -0.139. The molecule has 3 N–H and O–H groups in total. The summed E-state index contributed by atoms with van der Waals surface area (Å²) in [6.45, 7) is 0. The first kappa shape index (κ1) is 34.5. The van der Waals surface area contributed by atoms with Gasteiger partial charge in [-0.25, -0.2) is 0 Å². The van der Waals surface area contributed by atoms with Crippen molar-refractivity contribution in [1.29, 1.82) is 0 Å². The third-order valence-electron chi connectivity index (χ3n) is 7.18. The fourth-order valence-electron chi connectivity index (χ4n) is 5.10. The summed E-state index contributed by atoms with van der Waals surface area (Å²) in [4.78, 5) is 0. The monoisotopic (exact) mass is 666 g/mol. The van der Waals surface area contributed by atoms with Gasteiger partial charge < -0.3 is 39.0 Å². The highest BCUT2D eigenvalue weighted by atomic mass is 19.4. The van der Waals surface area contributed by atoms with Crippen molar-refractivity contribution >= 4 is 21.5 Å². The lowest BCUT2D eigenvalue weighted by Crippen LogP contribution is -2.09. The number of rotatable bonds is 6. The topological polar surface area (TPSA) is 107 Å². The van der Waals surface area contributed by atoms with E-state index in [9.17, 15) is 41.7 Å². The van der Waals surface area contributed by atoms with Crippen LogP contribution >= 0.6 is 0 Å². The summed E-state index contributed by atoms with van der Waals surface area (Å²) in [5, 5.41) is 29.7. The van der Waals surface area contributed by atoms with E-state index in [0.29, 0.717) is 17.9 Å². The molecule has 14 heteroatoms. The van der Waals surface area contributed by atoms with Crippen molar-refractivity contribution in [2.45, 2.75) is 12.4 Å². The van der Waals surface area contributed by atoms with Crippen molar-refractivity contribution in [3.63, 3.8) is 0 Å². The maximum absolute atomic E-state index is 14.1. The van der Waals surface area contributed by atoms with E-state index in [2.05, 4.69) is 0 Å². The predicted octanol–water partition coefficient (Wildman–Crippen LogP) is 8.54. The average Bonchev–Trinajstić information content (AvgIpc) is 3.04. The van der Waals surface area contributed by atoms with Gasteiger partial charge in [0.25, 0.3) is 0 Å². The van der Waals surface area contributed by atoms with Crippen LogP contribution in [-0.4, -0.2) is 50.9 Å². The van der Waals surface area contributed by atoms with Crippen LogP contribution in [0.4, 0.5) is 26.3 Å². The second-order valence-electron chi connectivity index (χ2n) is 9.79. The molecule has 0 unspecified atom stereocenters. The molecular weight excluding hydrogens is 638 g/mol. The molecule has 0 aliphatic rings. The Bertz CT molecular complexity index is 1940. The van der Waals surface area contributed by atoms with E-state index in [1.165, 1.54) is 78.0 Å². The van der Waals surface area contributed by atoms with Crippen molar-refractivity contribution in [2.24, 2.45) is 0 Å². The lowest BCUT2D eigenvalue weighted by atomic mass is 9.91. The van der Waals surface area contributed by atoms with E-state index < -0.39 is 40.7 Å². The Morgan fingerprint density at radius 2 is 1.04 bits per heavy atom. The minimum atomic E-state index is -4.77. The molecule has 5 aromatic rings. The Morgan fingerprint density at radius 1 is 0.511 bits per heavy atom. The van der Waals surface area contributed by atoms with Gasteiger partial charge in [0, 0.05) is 27.1 Å². The van der Waals surface area contributed by atoms with E-state index in [-0.39, 0.29) is 55.7 Å². The highest BCUT2D eigenvalue weighted by molar-refractivity contribution is 6.08. The maximum Gasteiger partial charge on any atom is 0.420 e. The number of phenols is 3. The van der Waals surface area contributed by atoms with Gasteiger partial charge in [-0.1, -0.05) is 30.3 Å². The molecule has 250 valence electrons. The third-order valence-corrected chi connectivity index (χ3v) is 7.18. The number of benzene rings is 5. The van der Waals surface area contributed by atoms with Gasteiger partial charge in [0.1, 0.15) is 22.8 Å². The number of aromatic hydroxyl groups is 3. The van der Waals surface area contributed by atoms with Crippen LogP contribution < -0.4 is 23.7 Å². The van der Waals surface area contributed by atoms with Gasteiger partial charge in [0.05, 0.1) is 41.1 Å². The minimum Gasteiger partial charge on any atom is -0.507 e. The van der Waals surface area contributed by atoms with Crippen molar-refractivity contribution in [1.82, 2.24) is 0 Å². The molecule has 0 fully saturated rings. The third kappa shape index (κ3) is 6.48. The predicted molar refractivity (Wildman–Crippen MR) is 161 cm³/mol. The van der Waals surface area contributed by atoms with Crippen molar-refractivity contribution in [3.05, 3.63) is 71.8 Å². The Balaban J connectivity index is 0.000000261. The molecule has 0 aromatic heterocycles. The van der Waals surface area contributed by atoms with Crippen LogP contribution in [0.25, 0.3) is 32.7 Å². The van der Waals surface area contributed by atoms with E-state index in [0.717, 1.165) is 0 Å². The molecule has 0 radical (unpaired) electrons. The molecule has 5 aromatic carbocycles. The molecule has 0 heterocycles. The molecule has 0 saturated carbocycles. The zero-order chi connectivity index (χ0) is 34.8. The SMILES string of the molecule is COc1ccc(-c2c(C(F)(F)F)cc(O)c3cc(OC)c(OC)c(OC)c23)cc1OC.Oc1cc(C(F)(F)F)c(O)c2ccccc12. The normalized spacial score (nSPS) is 11.6. The van der Waals surface area contributed by atoms with E-state index >= 15 is 0 Å². The minimum absolute atomic E-state index is 0.0111. The van der Waals surface area contributed by atoms with Crippen LogP contribution in [0, 0.1) is 0 Å². The number of hydrogen-bond donors (Lipinski definition) is 3. The van der Waals surface area contributed by atoms with E-state index in [1.807, 2.05) is 0 Å². The Labute approximate surface area is 263 Å². The first-order chi connectivity index (χ1) is 22.1. The average molecular weight is 667 g/mol. The maximum atomic E-state index is 14.1. The summed E-state index contributed by atoms with van der Waals surface area (Å²) in [6.07, 6.45) is -9.46. The van der Waals surface area contributed by atoms with Gasteiger partial charge in [-0.3, -0.25) is 0 Å². The van der Waals surface area contributed by atoms with Gasteiger partial charge in [0.2, 0.25) is 5.75 Å². The zero-order valence-corrected chi connectivity index (χ0v) is 25.4. The van der Waals surface area contributed by atoms with Crippen molar-refractivity contribution in [2.75, 3.05) is 35.5 Å². The highest BCUT2D eigenvalue weighted by Gasteiger charge is 2.38. The number of alkyl halides is 6. The number of methoxy groups -OCH3 is 5. The molecule has 0 atom stereocenters. The largest absolute Gasteiger partial charge is 0.507 e. The summed E-state index contributed by atoms with van der Waals surface area (Å²) < 4.78 is 106. The molecule has 8 nitrogen and oxygen atoms in total. The van der Waals surface area contributed by atoms with Crippen LogP contribution in [0.3, 0.4) is 0 Å². The summed E-state index contributed by atoms with van der Waals surface area (Å²) >= 11 is 0. The van der Waals surface area contributed by atoms with Gasteiger partial charge >= 0.3 is 12.4 Å². The standard InChI is InChI=1S/C22H21F3O6.C11H7F3O2/c1-27-15-7-6-11(8-16(15)28-2)18-13(22(23,24)25)10-14(26)12-9-17(29-3)20(30-4)21(31-5)19(12)18;12-11(13,14)8-5-9(15)6-3-1-2-4-7(6)10(8)16/h6-10,26H,1-5H3;1-5,15-16H. The quantitative estimate of drug-likeness (QED) is 0.122. The second kappa shape index (κ2) is 13.1. The van der Waals surface area contributed by atoms with Crippen molar-refractivity contribution < 1.29 is 65.3 Å².